The van der Waals surface area contributed by atoms with Gasteiger partial charge in [-0.15, -0.1) is 11.3 Å². The molecule has 0 atom stereocenters. The van der Waals surface area contributed by atoms with Crippen LogP contribution in [0.5, 0.6) is 0 Å². The Balaban J connectivity index is 0.853. The lowest BCUT2D eigenvalue weighted by molar-refractivity contribution is 0.669. The van der Waals surface area contributed by atoms with E-state index in [1.807, 2.05) is 11.3 Å². The normalized spacial score (nSPS) is 13.3. The summed E-state index contributed by atoms with van der Waals surface area (Å²) in [6, 6.07) is 81.2. The van der Waals surface area contributed by atoms with Crippen molar-refractivity contribution in [2.75, 3.05) is 0 Å². The van der Waals surface area contributed by atoms with Crippen LogP contribution in [0.3, 0.4) is 0 Å². The maximum Gasteiger partial charge on any atom is 0.160 e. The number of hydrogen-bond acceptors (Lipinski definition) is 4. The van der Waals surface area contributed by atoms with Crippen molar-refractivity contribution in [1.29, 1.82) is 0 Å². The molecule has 1 aliphatic rings. The van der Waals surface area contributed by atoms with Crippen molar-refractivity contribution in [1.82, 2.24) is 0 Å². The second-order valence-electron chi connectivity index (χ2n) is 18.5. The van der Waals surface area contributed by atoms with Gasteiger partial charge in [-0.2, -0.15) is 0 Å². The molecule has 0 amide bonds. The van der Waals surface area contributed by atoms with Crippen molar-refractivity contribution in [3.05, 3.63) is 247 Å². The summed E-state index contributed by atoms with van der Waals surface area (Å²) >= 11 is 1.85. The SMILES string of the molecule is CC1=C(c2ccc(-c3ccc4ccccc4c3)cc2)N=C(c2ccc3cc(-c4cccc5oc6ccc(-c7cccc8sc9ccccc9c78)cc6c45)ccc3c2)N=C(c2ccc3ccccc3c2)C1. The van der Waals surface area contributed by atoms with Gasteiger partial charge in [-0.25, -0.2) is 9.98 Å². The molecule has 0 radical (unpaired) electrons. The summed E-state index contributed by atoms with van der Waals surface area (Å²) in [7, 11) is 0. The Morgan fingerprint density at radius 2 is 0.914 bits per heavy atom. The van der Waals surface area contributed by atoms with Gasteiger partial charge in [-0.3, -0.25) is 0 Å². The molecule has 328 valence electrons. The van der Waals surface area contributed by atoms with Crippen molar-refractivity contribution in [3.63, 3.8) is 0 Å². The molecule has 1 aliphatic heterocycles. The fourth-order valence-electron chi connectivity index (χ4n) is 10.7. The van der Waals surface area contributed by atoms with E-state index in [1.165, 1.54) is 69.5 Å². The minimum Gasteiger partial charge on any atom is -0.456 e. The van der Waals surface area contributed by atoms with Crippen LogP contribution in [0.2, 0.25) is 0 Å². The molecule has 0 saturated carbocycles. The first-order valence-corrected chi connectivity index (χ1v) is 24.7. The second kappa shape index (κ2) is 16.2. The Bertz CT molecular complexity index is 4390. The predicted octanol–water partition coefficient (Wildman–Crippen LogP) is 18.5. The molecular formula is C66H42N2OS. The van der Waals surface area contributed by atoms with Crippen LogP contribution >= 0.6 is 11.3 Å². The molecule has 3 nitrogen and oxygen atoms in total. The number of aliphatic imine (C=N–C) groups is 2. The molecule has 70 heavy (non-hydrogen) atoms. The molecule has 3 heterocycles. The standard InChI is InChI=1S/C66H42N2OS/c1-40-34-58(52-30-23-42-11-3-5-13-46(42)37-52)67-66(68-65(40)44-24-20-43(21-25-44)47-26-22-41-10-2-4-12-45(41)35-47)53-31-28-48-36-50(29-27-49(48)38-53)54-15-8-17-60-63(54)57-39-51(32-33-59(57)69-60)55-16-9-19-62-64(55)56-14-6-7-18-61(56)70-62/h2-33,35-39H,34H2,1H3. The fourth-order valence-corrected chi connectivity index (χ4v) is 11.8. The number of hydrogen-bond donors (Lipinski definition) is 0. The number of thiophene rings is 1. The first-order valence-electron chi connectivity index (χ1n) is 23.9. The number of benzene rings is 11. The summed E-state index contributed by atoms with van der Waals surface area (Å²) in [6.07, 6.45) is 0.681. The first-order chi connectivity index (χ1) is 34.5. The maximum atomic E-state index is 6.55. The van der Waals surface area contributed by atoms with Gasteiger partial charge in [0.25, 0.3) is 0 Å². The van der Waals surface area contributed by atoms with Gasteiger partial charge in [-0.05, 0) is 138 Å². The smallest absolute Gasteiger partial charge is 0.160 e. The molecule has 0 spiro atoms. The van der Waals surface area contributed by atoms with Crippen molar-refractivity contribution in [3.8, 4) is 33.4 Å². The van der Waals surface area contributed by atoms with E-state index in [2.05, 4.69) is 231 Å². The summed E-state index contributed by atoms with van der Waals surface area (Å²) < 4.78 is 9.16. The highest BCUT2D eigenvalue weighted by Crippen LogP contribution is 2.43. The lowest BCUT2D eigenvalue weighted by Crippen LogP contribution is -2.06. The summed E-state index contributed by atoms with van der Waals surface area (Å²) in [5.41, 5.74) is 15.1. The van der Waals surface area contributed by atoms with Crippen LogP contribution in [0, 0.1) is 0 Å². The molecule has 0 saturated heterocycles. The van der Waals surface area contributed by atoms with E-state index >= 15 is 0 Å². The molecular weight excluding hydrogens is 869 g/mol. The van der Waals surface area contributed by atoms with Crippen molar-refractivity contribution >= 4 is 103 Å². The van der Waals surface area contributed by atoms with Crippen LogP contribution in [0.25, 0.3) is 114 Å². The van der Waals surface area contributed by atoms with E-state index < -0.39 is 0 Å². The van der Waals surface area contributed by atoms with Gasteiger partial charge in [0, 0.05) is 48.5 Å². The average Bonchev–Trinajstić information content (AvgIpc) is 3.94. The summed E-state index contributed by atoms with van der Waals surface area (Å²) in [5, 5.41) is 12.0. The van der Waals surface area contributed by atoms with E-state index in [1.54, 1.807) is 0 Å². The third-order valence-electron chi connectivity index (χ3n) is 14.2. The van der Waals surface area contributed by atoms with Crippen LogP contribution in [0.1, 0.15) is 30.0 Å². The van der Waals surface area contributed by atoms with Gasteiger partial charge in [0.2, 0.25) is 0 Å². The van der Waals surface area contributed by atoms with E-state index in [0.717, 1.165) is 71.9 Å². The van der Waals surface area contributed by atoms with E-state index in [-0.39, 0.29) is 0 Å². The zero-order valence-electron chi connectivity index (χ0n) is 38.3. The van der Waals surface area contributed by atoms with E-state index in [4.69, 9.17) is 14.4 Å². The van der Waals surface area contributed by atoms with Crippen molar-refractivity contribution in [2.24, 2.45) is 9.98 Å². The highest BCUT2D eigenvalue weighted by molar-refractivity contribution is 7.25. The molecule has 0 unspecified atom stereocenters. The highest BCUT2D eigenvalue weighted by atomic mass is 32.1. The van der Waals surface area contributed by atoms with Gasteiger partial charge >= 0.3 is 0 Å². The van der Waals surface area contributed by atoms with Crippen LogP contribution in [0.15, 0.2) is 244 Å². The van der Waals surface area contributed by atoms with Crippen LogP contribution in [-0.2, 0) is 0 Å². The number of allylic oxidation sites excluding steroid dienone is 1. The van der Waals surface area contributed by atoms with Gasteiger partial charge in [0.1, 0.15) is 11.2 Å². The largest absolute Gasteiger partial charge is 0.456 e. The summed E-state index contributed by atoms with van der Waals surface area (Å²) in [4.78, 5) is 10.9. The van der Waals surface area contributed by atoms with Crippen LogP contribution in [0.4, 0.5) is 0 Å². The average molecular weight is 911 g/mol. The van der Waals surface area contributed by atoms with Gasteiger partial charge in [0.05, 0.1) is 11.4 Å². The third-order valence-corrected chi connectivity index (χ3v) is 15.4. The molecule has 0 aliphatic carbocycles. The highest BCUT2D eigenvalue weighted by Gasteiger charge is 2.20. The van der Waals surface area contributed by atoms with Crippen LogP contribution in [-0.4, -0.2) is 11.5 Å². The molecule has 13 aromatic rings. The zero-order chi connectivity index (χ0) is 46.3. The topological polar surface area (TPSA) is 37.9 Å². The van der Waals surface area contributed by atoms with Crippen LogP contribution < -0.4 is 0 Å². The number of furan rings is 1. The number of rotatable bonds is 6. The van der Waals surface area contributed by atoms with Gasteiger partial charge in [0.15, 0.2) is 5.84 Å². The quantitative estimate of drug-likeness (QED) is 0.164. The minimum atomic E-state index is 0.681. The second-order valence-corrected chi connectivity index (χ2v) is 19.6. The lowest BCUT2D eigenvalue weighted by atomic mass is 9.94. The monoisotopic (exact) mass is 910 g/mol. The van der Waals surface area contributed by atoms with E-state index in [9.17, 15) is 0 Å². The van der Waals surface area contributed by atoms with Crippen molar-refractivity contribution < 1.29 is 4.42 Å². The third kappa shape index (κ3) is 6.87. The fraction of sp³-hybridized carbons (Fsp3) is 0.0303. The number of amidine groups is 1. The number of nitrogens with zero attached hydrogens (tertiary/aromatic N) is 2. The zero-order valence-corrected chi connectivity index (χ0v) is 39.1. The Morgan fingerprint density at radius 1 is 0.371 bits per heavy atom. The van der Waals surface area contributed by atoms with Crippen molar-refractivity contribution in [2.45, 2.75) is 13.3 Å². The lowest BCUT2D eigenvalue weighted by Gasteiger charge is -2.10. The Kier molecular flexibility index (Phi) is 9.36. The molecule has 4 heteroatoms. The first kappa shape index (κ1) is 40.4. The Morgan fingerprint density at radius 3 is 1.71 bits per heavy atom. The summed E-state index contributed by atoms with van der Waals surface area (Å²) in [5.74, 6) is 0.705. The maximum absolute atomic E-state index is 6.55. The predicted molar refractivity (Wildman–Crippen MR) is 299 cm³/mol. The molecule has 11 aromatic carbocycles. The Labute approximate surface area is 408 Å². The van der Waals surface area contributed by atoms with Gasteiger partial charge in [-0.1, -0.05) is 170 Å². The molecule has 0 N–H and O–H groups in total. The summed E-state index contributed by atoms with van der Waals surface area (Å²) in [6.45, 7) is 2.20. The van der Waals surface area contributed by atoms with Gasteiger partial charge < -0.3 is 4.42 Å². The molecule has 14 rings (SSSR count). The molecule has 2 aromatic heterocycles. The van der Waals surface area contributed by atoms with E-state index in [0.29, 0.717) is 12.3 Å². The Hall–Kier alpha value is -8.70. The molecule has 0 bridgehead atoms. The number of fused-ring (bicyclic) bond motifs is 9. The molecule has 0 fully saturated rings. The minimum absolute atomic E-state index is 0.681.